The number of amides is 1. The molecule has 1 atom stereocenters. The average Bonchev–Trinajstić information content (AvgIpc) is 3.19. The Balaban J connectivity index is 1.72. The van der Waals surface area contributed by atoms with Gasteiger partial charge in [0.1, 0.15) is 11.8 Å². The van der Waals surface area contributed by atoms with E-state index in [1.807, 2.05) is 61.9 Å². The summed E-state index contributed by atoms with van der Waals surface area (Å²) in [5, 5.41) is 11.8. The molecule has 7 heteroatoms. The molecule has 1 fully saturated rings. The fourth-order valence-electron chi connectivity index (χ4n) is 3.77. The van der Waals surface area contributed by atoms with Crippen LogP contribution in [0, 0.1) is 20.8 Å². The molecular weight excluding hydrogens is 342 g/mol. The van der Waals surface area contributed by atoms with Crippen molar-refractivity contribution in [3.05, 3.63) is 64.8 Å². The first-order chi connectivity index (χ1) is 13.0. The van der Waals surface area contributed by atoms with Crippen LogP contribution in [0.5, 0.6) is 0 Å². The van der Waals surface area contributed by atoms with E-state index in [1.165, 1.54) is 0 Å². The fourth-order valence-corrected chi connectivity index (χ4v) is 3.77. The lowest BCUT2D eigenvalue weighted by atomic mass is 10.00. The number of para-hydroxylation sites is 1. The molecule has 1 aromatic carbocycles. The van der Waals surface area contributed by atoms with Crippen LogP contribution in [0.25, 0.3) is 5.69 Å². The van der Waals surface area contributed by atoms with Crippen LogP contribution in [0.1, 0.15) is 34.4 Å². The Bertz CT molecular complexity index is 960. The number of benzene rings is 1. The molecule has 0 unspecified atom stereocenters. The molecule has 3 heterocycles. The van der Waals surface area contributed by atoms with Gasteiger partial charge in [0.25, 0.3) is 0 Å². The normalized spacial score (nSPS) is 17.9. The van der Waals surface area contributed by atoms with Gasteiger partial charge in [-0.05, 0) is 32.9 Å². The van der Waals surface area contributed by atoms with Crippen molar-refractivity contribution in [3.8, 4) is 5.69 Å². The van der Waals surface area contributed by atoms with E-state index >= 15 is 0 Å². The van der Waals surface area contributed by atoms with Gasteiger partial charge < -0.3 is 9.84 Å². The number of nitrogens with one attached hydrogen (secondary N) is 1. The number of aryl methyl sites for hydroxylation is 2. The second-order valence-corrected chi connectivity index (χ2v) is 6.92. The summed E-state index contributed by atoms with van der Waals surface area (Å²) in [5.41, 5.74) is 4.61. The van der Waals surface area contributed by atoms with Crippen LogP contribution in [0.4, 0.5) is 0 Å². The third kappa shape index (κ3) is 3.26. The van der Waals surface area contributed by atoms with E-state index in [0.717, 1.165) is 40.6 Å². The van der Waals surface area contributed by atoms with E-state index < -0.39 is 6.04 Å². The summed E-state index contributed by atoms with van der Waals surface area (Å²) in [4.78, 5) is 15.0. The smallest absolute Gasteiger partial charge is 0.242 e. The number of carbonyl (C=O) groups is 1. The molecule has 1 aliphatic rings. The molecule has 1 amide bonds. The third-order valence-corrected chi connectivity index (χ3v) is 4.98. The van der Waals surface area contributed by atoms with Crippen molar-refractivity contribution in [3.63, 3.8) is 0 Å². The molecule has 1 aliphatic heterocycles. The van der Waals surface area contributed by atoms with Gasteiger partial charge in [-0.15, -0.1) is 0 Å². The first-order valence-corrected chi connectivity index (χ1v) is 9.10. The molecule has 2 aromatic heterocycles. The third-order valence-electron chi connectivity index (χ3n) is 4.98. The van der Waals surface area contributed by atoms with Gasteiger partial charge >= 0.3 is 0 Å². The van der Waals surface area contributed by atoms with E-state index in [0.29, 0.717) is 13.1 Å². The van der Waals surface area contributed by atoms with E-state index in [2.05, 4.69) is 15.4 Å². The predicted octanol–water partition coefficient (Wildman–Crippen LogP) is 2.46. The highest BCUT2D eigenvalue weighted by molar-refractivity contribution is 5.84. The van der Waals surface area contributed by atoms with E-state index in [1.54, 1.807) is 0 Å². The SMILES string of the molecule is Cc1cc(CN2CCNC(=O)[C@H]2c2c(C)nn(-c3ccccc3)c2C)no1. The number of hydrogen-bond acceptors (Lipinski definition) is 5. The quantitative estimate of drug-likeness (QED) is 0.769. The lowest BCUT2D eigenvalue weighted by molar-refractivity contribution is -0.129. The first kappa shape index (κ1) is 17.5. The Hall–Kier alpha value is -2.93. The number of nitrogens with zero attached hydrogens (tertiary/aromatic N) is 4. The maximum Gasteiger partial charge on any atom is 0.242 e. The first-order valence-electron chi connectivity index (χ1n) is 9.10. The minimum atomic E-state index is -0.395. The molecule has 140 valence electrons. The van der Waals surface area contributed by atoms with E-state index in [9.17, 15) is 4.79 Å². The Labute approximate surface area is 158 Å². The van der Waals surface area contributed by atoms with Crippen LogP contribution >= 0.6 is 0 Å². The molecular formula is C20H23N5O2. The van der Waals surface area contributed by atoms with Gasteiger partial charge in [-0.2, -0.15) is 5.10 Å². The zero-order chi connectivity index (χ0) is 19.0. The summed E-state index contributed by atoms with van der Waals surface area (Å²) in [6, 6.07) is 11.5. The summed E-state index contributed by atoms with van der Waals surface area (Å²) < 4.78 is 7.10. The number of carbonyl (C=O) groups excluding carboxylic acids is 1. The highest BCUT2D eigenvalue weighted by Gasteiger charge is 2.35. The number of rotatable bonds is 4. The lowest BCUT2D eigenvalue weighted by Gasteiger charge is -2.34. The maximum atomic E-state index is 12.8. The summed E-state index contributed by atoms with van der Waals surface area (Å²) in [5.74, 6) is 0.771. The Morgan fingerprint density at radius 2 is 2.00 bits per heavy atom. The zero-order valence-corrected chi connectivity index (χ0v) is 15.8. The Kier molecular flexibility index (Phi) is 4.53. The predicted molar refractivity (Wildman–Crippen MR) is 100 cm³/mol. The van der Waals surface area contributed by atoms with Crippen molar-refractivity contribution < 1.29 is 9.32 Å². The van der Waals surface area contributed by atoms with Crippen LogP contribution in [-0.4, -0.2) is 38.8 Å². The summed E-state index contributed by atoms with van der Waals surface area (Å²) in [6.07, 6.45) is 0. The van der Waals surface area contributed by atoms with Gasteiger partial charge in [-0.3, -0.25) is 9.69 Å². The largest absolute Gasteiger partial charge is 0.361 e. The fraction of sp³-hybridized carbons (Fsp3) is 0.350. The van der Waals surface area contributed by atoms with Gasteiger partial charge in [0, 0.05) is 37.0 Å². The molecule has 1 saturated heterocycles. The average molecular weight is 365 g/mol. The topological polar surface area (TPSA) is 76.2 Å². The molecule has 0 bridgehead atoms. The molecule has 4 rings (SSSR count). The Morgan fingerprint density at radius 3 is 2.70 bits per heavy atom. The minimum Gasteiger partial charge on any atom is -0.361 e. The maximum absolute atomic E-state index is 12.8. The summed E-state index contributed by atoms with van der Waals surface area (Å²) >= 11 is 0. The highest BCUT2D eigenvalue weighted by Crippen LogP contribution is 2.31. The van der Waals surface area contributed by atoms with Crippen molar-refractivity contribution >= 4 is 5.91 Å². The number of hydrogen-bond donors (Lipinski definition) is 1. The van der Waals surface area contributed by atoms with Crippen molar-refractivity contribution in [1.29, 1.82) is 0 Å². The minimum absolute atomic E-state index is 0.000258. The standard InChI is InChI=1S/C20H23N5O2/c1-13-11-16(23-27-13)12-24-10-9-21-20(26)19(24)18-14(2)22-25(15(18)3)17-7-5-4-6-8-17/h4-8,11,19H,9-10,12H2,1-3H3,(H,21,26)/t19-/m1/s1. The zero-order valence-electron chi connectivity index (χ0n) is 15.8. The number of piperazine rings is 1. The van der Waals surface area contributed by atoms with Crippen LogP contribution < -0.4 is 5.32 Å². The summed E-state index contributed by atoms with van der Waals surface area (Å²) in [6.45, 7) is 7.78. The molecule has 7 nitrogen and oxygen atoms in total. The number of aromatic nitrogens is 3. The molecule has 0 spiro atoms. The molecule has 27 heavy (non-hydrogen) atoms. The monoisotopic (exact) mass is 365 g/mol. The molecule has 0 radical (unpaired) electrons. The molecule has 0 aliphatic carbocycles. The van der Waals surface area contributed by atoms with Crippen LogP contribution in [0.15, 0.2) is 40.9 Å². The van der Waals surface area contributed by atoms with Gasteiger partial charge in [0.15, 0.2) is 0 Å². The molecule has 1 N–H and O–H groups in total. The van der Waals surface area contributed by atoms with Crippen LogP contribution in [0.3, 0.4) is 0 Å². The van der Waals surface area contributed by atoms with Crippen molar-refractivity contribution in [2.45, 2.75) is 33.4 Å². The van der Waals surface area contributed by atoms with Crippen molar-refractivity contribution in [1.82, 2.24) is 25.2 Å². The van der Waals surface area contributed by atoms with Gasteiger partial charge in [-0.1, -0.05) is 23.4 Å². The molecule has 3 aromatic rings. The van der Waals surface area contributed by atoms with Gasteiger partial charge in [0.2, 0.25) is 5.91 Å². The van der Waals surface area contributed by atoms with Crippen LogP contribution in [0.2, 0.25) is 0 Å². The van der Waals surface area contributed by atoms with Crippen LogP contribution in [-0.2, 0) is 11.3 Å². The highest BCUT2D eigenvalue weighted by atomic mass is 16.5. The molecule has 0 saturated carbocycles. The van der Waals surface area contributed by atoms with E-state index in [4.69, 9.17) is 9.62 Å². The lowest BCUT2D eigenvalue weighted by Crippen LogP contribution is -2.49. The van der Waals surface area contributed by atoms with E-state index in [-0.39, 0.29) is 5.91 Å². The second kappa shape index (κ2) is 7.00. The summed E-state index contributed by atoms with van der Waals surface area (Å²) in [7, 11) is 0. The Morgan fingerprint density at radius 1 is 1.22 bits per heavy atom. The second-order valence-electron chi connectivity index (χ2n) is 6.92. The van der Waals surface area contributed by atoms with Gasteiger partial charge in [0.05, 0.1) is 17.1 Å². The van der Waals surface area contributed by atoms with Crippen molar-refractivity contribution in [2.24, 2.45) is 0 Å². The van der Waals surface area contributed by atoms with Crippen molar-refractivity contribution in [2.75, 3.05) is 13.1 Å². The van der Waals surface area contributed by atoms with Gasteiger partial charge in [-0.25, -0.2) is 4.68 Å².